The third-order valence-electron chi connectivity index (χ3n) is 2.62. The van der Waals surface area contributed by atoms with E-state index in [2.05, 4.69) is 17.6 Å². The van der Waals surface area contributed by atoms with Gasteiger partial charge < -0.3 is 15.4 Å². The van der Waals surface area contributed by atoms with Crippen LogP contribution in [0.25, 0.3) is 0 Å². The van der Waals surface area contributed by atoms with Crippen molar-refractivity contribution in [2.45, 2.75) is 26.2 Å². The molecule has 2 N–H and O–H groups in total. The fourth-order valence-electron chi connectivity index (χ4n) is 1.52. The van der Waals surface area contributed by atoms with Gasteiger partial charge in [-0.15, -0.1) is 0 Å². The van der Waals surface area contributed by atoms with Gasteiger partial charge in [0, 0.05) is 25.2 Å². The highest BCUT2D eigenvalue weighted by atomic mass is 16.5. The number of nitrogens with one attached hydrogen (secondary N) is 2. The van der Waals surface area contributed by atoms with Crippen molar-refractivity contribution >= 4 is 11.6 Å². The van der Waals surface area contributed by atoms with Gasteiger partial charge in [0.2, 0.25) is 5.91 Å². The highest BCUT2D eigenvalue weighted by molar-refractivity contribution is 5.76. The van der Waals surface area contributed by atoms with Crippen molar-refractivity contribution in [3.63, 3.8) is 0 Å². The minimum Gasteiger partial charge on any atom is -0.497 e. The molecule has 0 spiro atoms. The smallest absolute Gasteiger partial charge is 0.221 e. The predicted molar refractivity (Wildman–Crippen MR) is 74.0 cm³/mol. The summed E-state index contributed by atoms with van der Waals surface area (Å²) in [6, 6.07) is 7.66. The maximum atomic E-state index is 11.4. The lowest BCUT2D eigenvalue weighted by Gasteiger charge is -2.07. The molecular weight excluding hydrogens is 228 g/mol. The molecule has 100 valence electrons. The lowest BCUT2D eigenvalue weighted by atomic mass is 10.3. The van der Waals surface area contributed by atoms with E-state index < -0.39 is 0 Å². The SMILES string of the molecule is CCCCNC(=O)CCNc1ccc(OC)cc1. The predicted octanol–water partition coefficient (Wildman–Crippen LogP) is 2.41. The summed E-state index contributed by atoms with van der Waals surface area (Å²) in [5, 5.41) is 6.09. The Labute approximate surface area is 109 Å². The Morgan fingerprint density at radius 3 is 2.56 bits per heavy atom. The zero-order chi connectivity index (χ0) is 13.2. The van der Waals surface area contributed by atoms with Crippen molar-refractivity contribution in [1.29, 1.82) is 0 Å². The molecular formula is C14H22N2O2. The standard InChI is InChI=1S/C14H22N2O2/c1-3-4-10-16-14(17)9-11-15-12-5-7-13(18-2)8-6-12/h5-8,15H,3-4,9-11H2,1-2H3,(H,16,17). The van der Waals surface area contributed by atoms with Crippen LogP contribution in [0, 0.1) is 0 Å². The summed E-state index contributed by atoms with van der Waals surface area (Å²) in [4.78, 5) is 11.4. The van der Waals surface area contributed by atoms with Crippen molar-refractivity contribution in [2.24, 2.45) is 0 Å². The van der Waals surface area contributed by atoms with Gasteiger partial charge in [-0.05, 0) is 30.7 Å². The summed E-state index contributed by atoms with van der Waals surface area (Å²) in [5.41, 5.74) is 0.997. The van der Waals surface area contributed by atoms with E-state index in [1.165, 1.54) is 0 Å². The van der Waals surface area contributed by atoms with E-state index in [0.29, 0.717) is 13.0 Å². The highest BCUT2D eigenvalue weighted by Crippen LogP contribution is 2.14. The van der Waals surface area contributed by atoms with Crippen molar-refractivity contribution in [3.8, 4) is 5.75 Å². The zero-order valence-electron chi connectivity index (χ0n) is 11.2. The van der Waals surface area contributed by atoms with Gasteiger partial charge in [-0.25, -0.2) is 0 Å². The molecule has 18 heavy (non-hydrogen) atoms. The number of amides is 1. The number of unbranched alkanes of at least 4 members (excludes halogenated alkanes) is 1. The number of ether oxygens (including phenoxy) is 1. The van der Waals surface area contributed by atoms with Gasteiger partial charge >= 0.3 is 0 Å². The van der Waals surface area contributed by atoms with E-state index >= 15 is 0 Å². The third kappa shape index (κ3) is 5.57. The molecule has 0 aliphatic rings. The normalized spacial score (nSPS) is 9.89. The number of methoxy groups -OCH3 is 1. The number of anilines is 1. The van der Waals surface area contributed by atoms with Gasteiger partial charge in [0.1, 0.15) is 5.75 Å². The van der Waals surface area contributed by atoms with E-state index in [0.717, 1.165) is 30.8 Å². The van der Waals surface area contributed by atoms with E-state index in [-0.39, 0.29) is 5.91 Å². The minimum atomic E-state index is 0.101. The van der Waals surface area contributed by atoms with E-state index in [4.69, 9.17) is 4.74 Å². The second-order valence-corrected chi connectivity index (χ2v) is 4.11. The first-order valence-corrected chi connectivity index (χ1v) is 6.41. The average Bonchev–Trinajstić information content (AvgIpc) is 2.40. The Balaban J connectivity index is 2.18. The molecule has 4 heteroatoms. The lowest BCUT2D eigenvalue weighted by Crippen LogP contribution is -2.26. The van der Waals surface area contributed by atoms with E-state index in [1.807, 2.05) is 24.3 Å². The van der Waals surface area contributed by atoms with Gasteiger partial charge in [-0.3, -0.25) is 4.79 Å². The number of rotatable bonds is 8. The number of carbonyl (C=O) groups excluding carboxylic acids is 1. The van der Waals surface area contributed by atoms with Crippen LogP contribution < -0.4 is 15.4 Å². The maximum absolute atomic E-state index is 11.4. The highest BCUT2D eigenvalue weighted by Gasteiger charge is 2.00. The van der Waals surface area contributed by atoms with Gasteiger partial charge in [0.05, 0.1) is 7.11 Å². The van der Waals surface area contributed by atoms with Gasteiger partial charge in [0.25, 0.3) is 0 Å². The third-order valence-corrected chi connectivity index (χ3v) is 2.62. The van der Waals surface area contributed by atoms with Gasteiger partial charge in [0.15, 0.2) is 0 Å². The first-order chi connectivity index (χ1) is 8.76. The Bertz CT molecular complexity index is 349. The Kier molecular flexibility index (Phi) is 6.69. The topological polar surface area (TPSA) is 50.4 Å². The van der Waals surface area contributed by atoms with Gasteiger partial charge in [-0.1, -0.05) is 13.3 Å². The first-order valence-electron chi connectivity index (χ1n) is 6.41. The van der Waals surface area contributed by atoms with Crippen molar-refractivity contribution in [2.75, 3.05) is 25.5 Å². The summed E-state index contributed by atoms with van der Waals surface area (Å²) in [7, 11) is 1.64. The van der Waals surface area contributed by atoms with Crippen molar-refractivity contribution in [3.05, 3.63) is 24.3 Å². The first kappa shape index (κ1) is 14.4. The van der Waals surface area contributed by atoms with Crippen LogP contribution in [-0.4, -0.2) is 26.1 Å². The summed E-state index contributed by atoms with van der Waals surface area (Å²) >= 11 is 0. The molecule has 0 atom stereocenters. The van der Waals surface area contributed by atoms with Crippen LogP contribution in [-0.2, 0) is 4.79 Å². The second-order valence-electron chi connectivity index (χ2n) is 4.11. The molecule has 0 radical (unpaired) electrons. The Morgan fingerprint density at radius 2 is 1.94 bits per heavy atom. The molecule has 1 rings (SSSR count). The maximum Gasteiger partial charge on any atom is 0.221 e. The molecule has 0 aromatic heterocycles. The molecule has 1 amide bonds. The molecule has 1 aromatic carbocycles. The summed E-state index contributed by atoms with van der Waals surface area (Å²) in [6.45, 7) is 3.53. The van der Waals surface area contributed by atoms with Crippen LogP contribution in [0.15, 0.2) is 24.3 Å². The summed E-state index contributed by atoms with van der Waals surface area (Å²) in [5.74, 6) is 0.933. The molecule has 0 saturated heterocycles. The lowest BCUT2D eigenvalue weighted by molar-refractivity contribution is -0.120. The van der Waals surface area contributed by atoms with Crippen LogP contribution in [0.4, 0.5) is 5.69 Å². The Hall–Kier alpha value is -1.71. The zero-order valence-corrected chi connectivity index (χ0v) is 11.2. The number of hydrogen-bond acceptors (Lipinski definition) is 3. The largest absolute Gasteiger partial charge is 0.497 e. The van der Waals surface area contributed by atoms with Crippen molar-refractivity contribution < 1.29 is 9.53 Å². The van der Waals surface area contributed by atoms with Crippen LogP contribution in [0.2, 0.25) is 0 Å². The van der Waals surface area contributed by atoms with Crippen molar-refractivity contribution in [1.82, 2.24) is 5.32 Å². The number of benzene rings is 1. The fourth-order valence-corrected chi connectivity index (χ4v) is 1.52. The molecule has 0 unspecified atom stereocenters. The second kappa shape index (κ2) is 8.39. The number of carbonyl (C=O) groups is 1. The van der Waals surface area contributed by atoms with Crippen LogP contribution in [0.5, 0.6) is 5.75 Å². The molecule has 4 nitrogen and oxygen atoms in total. The van der Waals surface area contributed by atoms with Crippen LogP contribution in [0.3, 0.4) is 0 Å². The molecule has 0 fully saturated rings. The van der Waals surface area contributed by atoms with Crippen LogP contribution in [0.1, 0.15) is 26.2 Å². The van der Waals surface area contributed by atoms with E-state index in [9.17, 15) is 4.79 Å². The molecule has 0 aliphatic heterocycles. The molecule has 0 bridgehead atoms. The summed E-state index contributed by atoms with van der Waals surface area (Å²) < 4.78 is 5.07. The quantitative estimate of drug-likeness (QED) is 0.697. The monoisotopic (exact) mass is 250 g/mol. The molecule has 1 aromatic rings. The van der Waals surface area contributed by atoms with Crippen LogP contribution >= 0.6 is 0 Å². The molecule has 0 saturated carbocycles. The fraction of sp³-hybridized carbons (Fsp3) is 0.500. The number of hydrogen-bond donors (Lipinski definition) is 2. The van der Waals surface area contributed by atoms with E-state index in [1.54, 1.807) is 7.11 Å². The summed E-state index contributed by atoms with van der Waals surface area (Å²) in [6.07, 6.45) is 2.64. The molecule has 0 aliphatic carbocycles. The Morgan fingerprint density at radius 1 is 1.22 bits per heavy atom. The van der Waals surface area contributed by atoms with Gasteiger partial charge in [-0.2, -0.15) is 0 Å². The average molecular weight is 250 g/mol. The minimum absolute atomic E-state index is 0.101. The molecule has 0 heterocycles.